The van der Waals surface area contributed by atoms with Crippen molar-refractivity contribution in [1.29, 1.82) is 0 Å². The first-order valence-corrected chi connectivity index (χ1v) is 10.1. The van der Waals surface area contributed by atoms with E-state index in [4.69, 9.17) is 0 Å². The molecule has 0 radical (unpaired) electrons. The van der Waals surface area contributed by atoms with Gasteiger partial charge in [0.25, 0.3) is 0 Å². The molecule has 1 aromatic carbocycles. The van der Waals surface area contributed by atoms with Crippen molar-refractivity contribution in [3.8, 4) is 0 Å². The highest BCUT2D eigenvalue weighted by Crippen LogP contribution is 2.38. The summed E-state index contributed by atoms with van der Waals surface area (Å²) < 4.78 is 78.4. The summed E-state index contributed by atoms with van der Waals surface area (Å²) in [5.74, 6) is 0.148. The van der Waals surface area contributed by atoms with E-state index in [1.54, 1.807) is 18.9 Å². The largest absolute Gasteiger partial charge is 0.416 e. The van der Waals surface area contributed by atoms with Crippen molar-refractivity contribution >= 4 is 23.1 Å². The molecule has 1 aromatic rings. The van der Waals surface area contributed by atoms with Crippen molar-refractivity contribution in [2.24, 2.45) is 10.9 Å². The van der Waals surface area contributed by atoms with Gasteiger partial charge in [0, 0.05) is 24.2 Å². The Kier molecular flexibility index (Phi) is 8.15. The van der Waals surface area contributed by atoms with Gasteiger partial charge in [-0.1, -0.05) is 23.9 Å². The molecule has 0 amide bonds. The highest BCUT2D eigenvalue weighted by molar-refractivity contribution is 8.16. The maximum atomic E-state index is 13.3. The summed E-state index contributed by atoms with van der Waals surface area (Å²) in [5.41, 5.74) is -1.28. The molecule has 0 aromatic heterocycles. The van der Waals surface area contributed by atoms with Crippen molar-refractivity contribution in [2.45, 2.75) is 38.7 Å². The Labute approximate surface area is 175 Å². The lowest BCUT2D eigenvalue weighted by atomic mass is 9.95. The van der Waals surface area contributed by atoms with Gasteiger partial charge in [0.05, 0.1) is 11.1 Å². The maximum Gasteiger partial charge on any atom is 0.416 e. The smallest absolute Gasteiger partial charge is 0.299 e. The molecule has 0 bridgehead atoms. The topological polar surface area (TPSA) is 32.7 Å². The lowest BCUT2D eigenvalue weighted by Gasteiger charge is -2.31. The minimum atomic E-state index is -4.87. The van der Waals surface area contributed by atoms with Crippen molar-refractivity contribution in [2.75, 3.05) is 20.1 Å². The van der Waals surface area contributed by atoms with E-state index in [0.29, 0.717) is 32.0 Å². The minimum Gasteiger partial charge on any atom is -0.299 e. The number of carbonyl (C=O) groups excluding carboxylic acids is 1. The predicted molar refractivity (Wildman–Crippen MR) is 106 cm³/mol. The van der Waals surface area contributed by atoms with Gasteiger partial charge in [0.1, 0.15) is 0 Å². The van der Waals surface area contributed by atoms with Crippen LogP contribution >= 0.6 is 11.8 Å². The first-order chi connectivity index (χ1) is 14.0. The van der Waals surface area contributed by atoms with Crippen LogP contribution in [0.1, 0.15) is 36.5 Å². The summed E-state index contributed by atoms with van der Waals surface area (Å²) >= 11 is 1.03. The second kappa shape index (κ2) is 10.00. The molecule has 1 heterocycles. The lowest BCUT2D eigenvalue weighted by molar-refractivity contribution is -0.143. The Morgan fingerprint density at radius 2 is 1.80 bits per heavy atom. The first-order valence-electron chi connectivity index (χ1n) is 9.21. The number of aliphatic imine (C=N–C) groups is 1. The van der Waals surface area contributed by atoms with E-state index in [0.717, 1.165) is 34.1 Å². The van der Waals surface area contributed by atoms with E-state index in [-0.39, 0.29) is 24.1 Å². The van der Waals surface area contributed by atoms with Crippen LogP contribution in [0.4, 0.5) is 26.3 Å². The Balaban J connectivity index is 2.12. The van der Waals surface area contributed by atoms with Crippen LogP contribution in [0.3, 0.4) is 0 Å². The fourth-order valence-electron chi connectivity index (χ4n) is 3.29. The maximum absolute atomic E-state index is 13.3. The van der Waals surface area contributed by atoms with Gasteiger partial charge in [-0.2, -0.15) is 26.3 Å². The minimum absolute atomic E-state index is 0.0746. The number of hydrogen-bond acceptors (Lipinski definition) is 4. The van der Waals surface area contributed by atoms with Crippen LogP contribution in [-0.2, 0) is 23.7 Å². The third kappa shape index (κ3) is 6.60. The van der Waals surface area contributed by atoms with E-state index < -0.39 is 23.5 Å². The highest BCUT2D eigenvalue weighted by Gasteiger charge is 2.38. The molecule has 1 saturated heterocycles. The van der Waals surface area contributed by atoms with Crippen molar-refractivity contribution in [1.82, 2.24) is 4.90 Å². The number of thioether (sulfide) groups is 1. The SMILES string of the molecule is CN=C(C)/C(=C/C1CCN(Cc2ccc(C(F)(F)F)cc2C(F)(F)F)CC1)SC=O. The average Bonchev–Trinajstić information content (AvgIpc) is 2.67. The molecule has 0 atom stereocenters. The van der Waals surface area contributed by atoms with Gasteiger partial charge in [-0.15, -0.1) is 0 Å². The molecule has 0 aliphatic carbocycles. The van der Waals surface area contributed by atoms with Crippen LogP contribution in [0.2, 0.25) is 0 Å². The molecule has 3 nitrogen and oxygen atoms in total. The number of halogens is 6. The Hall–Kier alpha value is -1.81. The number of allylic oxidation sites excluding steroid dienone is 2. The van der Waals surface area contributed by atoms with Gasteiger partial charge >= 0.3 is 12.4 Å². The summed E-state index contributed by atoms with van der Waals surface area (Å²) in [6, 6.07) is 1.79. The van der Waals surface area contributed by atoms with Crippen molar-refractivity contribution < 1.29 is 31.1 Å². The molecule has 10 heteroatoms. The van der Waals surface area contributed by atoms with Gasteiger partial charge in [-0.3, -0.25) is 14.7 Å². The number of hydrogen-bond donors (Lipinski definition) is 0. The molecule has 0 N–H and O–H groups in total. The van der Waals surface area contributed by atoms with Crippen LogP contribution < -0.4 is 0 Å². The molecule has 0 saturated carbocycles. The molecule has 1 aliphatic heterocycles. The van der Waals surface area contributed by atoms with Crippen LogP contribution in [0.15, 0.2) is 34.2 Å². The Bertz CT molecular complexity index is 808. The molecule has 30 heavy (non-hydrogen) atoms. The van der Waals surface area contributed by atoms with Gasteiger partial charge in [0.15, 0.2) is 5.62 Å². The molecule has 166 valence electrons. The number of alkyl halides is 6. The zero-order chi connectivity index (χ0) is 22.5. The third-order valence-electron chi connectivity index (χ3n) is 5.02. The van der Waals surface area contributed by atoms with Gasteiger partial charge in [-0.25, -0.2) is 0 Å². The van der Waals surface area contributed by atoms with Crippen molar-refractivity contribution in [3.05, 3.63) is 45.9 Å². The number of nitrogens with zero attached hydrogens (tertiary/aromatic N) is 2. The molecule has 1 aliphatic rings. The molecule has 0 spiro atoms. The average molecular weight is 452 g/mol. The van der Waals surface area contributed by atoms with Gasteiger partial charge in [0.2, 0.25) is 0 Å². The van der Waals surface area contributed by atoms with E-state index >= 15 is 0 Å². The predicted octanol–water partition coefficient (Wildman–Crippen LogP) is 5.83. The zero-order valence-corrected chi connectivity index (χ0v) is 17.3. The first kappa shape index (κ1) is 24.5. The second-order valence-corrected chi connectivity index (χ2v) is 7.90. The van der Waals surface area contributed by atoms with Gasteiger partial charge in [-0.05, 0) is 56.5 Å². The van der Waals surface area contributed by atoms with Crippen LogP contribution in [-0.4, -0.2) is 36.4 Å². The Morgan fingerprint density at radius 3 is 2.30 bits per heavy atom. The molecular weight excluding hydrogens is 430 g/mol. The monoisotopic (exact) mass is 452 g/mol. The number of benzene rings is 1. The molecule has 0 unspecified atom stereocenters. The normalized spacial score (nSPS) is 18.0. The van der Waals surface area contributed by atoms with Crippen LogP contribution in [0, 0.1) is 5.92 Å². The number of piperidine rings is 1. The summed E-state index contributed by atoms with van der Waals surface area (Å²) in [6.07, 6.45) is -6.40. The van der Waals surface area contributed by atoms with E-state index in [9.17, 15) is 31.1 Å². The lowest BCUT2D eigenvalue weighted by Crippen LogP contribution is -2.33. The number of likely N-dealkylation sites (tertiary alicyclic amines) is 1. The second-order valence-electron chi connectivity index (χ2n) is 7.04. The van der Waals surface area contributed by atoms with Crippen molar-refractivity contribution in [3.63, 3.8) is 0 Å². The number of rotatable bonds is 6. The number of carbonyl (C=O) groups is 1. The Morgan fingerprint density at radius 1 is 1.17 bits per heavy atom. The molecular formula is C20H22F6N2OS. The molecule has 2 rings (SSSR count). The van der Waals surface area contributed by atoms with E-state index in [1.165, 1.54) is 0 Å². The summed E-state index contributed by atoms with van der Waals surface area (Å²) in [5, 5.41) is 0. The quantitative estimate of drug-likeness (QED) is 0.309. The summed E-state index contributed by atoms with van der Waals surface area (Å²) in [4.78, 5) is 17.5. The fraction of sp³-hybridized carbons (Fsp3) is 0.500. The summed E-state index contributed by atoms with van der Waals surface area (Å²) in [6.45, 7) is 2.72. The summed E-state index contributed by atoms with van der Waals surface area (Å²) in [7, 11) is 1.62. The van der Waals surface area contributed by atoms with E-state index in [2.05, 4.69) is 4.99 Å². The third-order valence-corrected chi connectivity index (χ3v) is 5.80. The fourth-order valence-corrected chi connectivity index (χ4v) is 3.93. The van der Waals surface area contributed by atoms with E-state index in [1.807, 2.05) is 6.08 Å². The standard InChI is InChI=1S/C20H22F6N2OS/c1-13(27-2)18(30-12-29)9-14-5-7-28(8-6-14)11-15-3-4-16(19(21,22)23)10-17(15)20(24,25)26/h3-4,9-10,12,14H,5-8,11H2,1-2H3/b18-9-,27-13?. The van der Waals surface area contributed by atoms with Crippen LogP contribution in [0.5, 0.6) is 0 Å². The highest BCUT2D eigenvalue weighted by atomic mass is 32.2. The molecule has 1 fully saturated rings. The van der Waals surface area contributed by atoms with Gasteiger partial charge < -0.3 is 0 Å². The zero-order valence-electron chi connectivity index (χ0n) is 16.5. The van der Waals surface area contributed by atoms with Crippen LogP contribution in [0.25, 0.3) is 0 Å².